The fourth-order valence-electron chi connectivity index (χ4n) is 2.00. The van der Waals surface area contributed by atoms with E-state index in [0.717, 1.165) is 5.56 Å². The standard InChI is InChI=1S/C14H14N2O3/c1-9-11(14(2,3)4)5-12(15-7-18)10(6-17)13(9)16-8-19/h5-6H,1-4H3. The van der Waals surface area contributed by atoms with E-state index >= 15 is 0 Å². The van der Waals surface area contributed by atoms with Crippen molar-refractivity contribution >= 4 is 29.8 Å². The molecule has 0 N–H and O–H groups in total. The summed E-state index contributed by atoms with van der Waals surface area (Å²) in [7, 11) is 0. The highest BCUT2D eigenvalue weighted by atomic mass is 16.1. The molecule has 5 nitrogen and oxygen atoms in total. The Labute approximate surface area is 111 Å². The Kier molecular flexibility index (Phi) is 4.28. The van der Waals surface area contributed by atoms with Gasteiger partial charge in [0.25, 0.3) is 0 Å². The highest BCUT2D eigenvalue weighted by Gasteiger charge is 2.22. The number of hydrogen-bond acceptors (Lipinski definition) is 5. The van der Waals surface area contributed by atoms with Gasteiger partial charge in [-0.05, 0) is 29.5 Å². The third kappa shape index (κ3) is 2.91. The first kappa shape index (κ1) is 14.7. The van der Waals surface area contributed by atoms with E-state index in [1.807, 2.05) is 20.8 Å². The van der Waals surface area contributed by atoms with Crippen LogP contribution in [0.25, 0.3) is 0 Å². The Morgan fingerprint density at radius 2 is 1.74 bits per heavy atom. The number of isocyanates is 2. The lowest BCUT2D eigenvalue weighted by Crippen LogP contribution is -2.13. The highest BCUT2D eigenvalue weighted by molar-refractivity contribution is 5.93. The summed E-state index contributed by atoms with van der Waals surface area (Å²) in [6.45, 7) is 7.67. The van der Waals surface area contributed by atoms with Crippen molar-refractivity contribution in [3.63, 3.8) is 0 Å². The molecule has 0 heterocycles. The number of nitrogens with zero attached hydrogens (tertiary/aromatic N) is 2. The van der Waals surface area contributed by atoms with Crippen LogP contribution in [0.15, 0.2) is 16.1 Å². The molecule has 0 fully saturated rings. The number of aliphatic imine (C=N–C) groups is 2. The molecule has 0 radical (unpaired) electrons. The first-order valence-electron chi connectivity index (χ1n) is 5.65. The zero-order valence-corrected chi connectivity index (χ0v) is 11.3. The van der Waals surface area contributed by atoms with Crippen molar-refractivity contribution in [1.82, 2.24) is 0 Å². The van der Waals surface area contributed by atoms with Gasteiger partial charge in [-0.25, -0.2) is 9.59 Å². The Bertz CT molecular complexity index is 615. The van der Waals surface area contributed by atoms with Crippen molar-refractivity contribution in [3.8, 4) is 0 Å². The minimum atomic E-state index is -0.244. The summed E-state index contributed by atoms with van der Waals surface area (Å²) in [5.74, 6) is 0. The Morgan fingerprint density at radius 1 is 1.16 bits per heavy atom. The van der Waals surface area contributed by atoms with Crippen LogP contribution in [0, 0.1) is 6.92 Å². The molecule has 0 spiro atoms. The molecule has 0 atom stereocenters. The molecule has 0 amide bonds. The van der Waals surface area contributed by atoms with Gasteiger partial charge < -0.3 is 0 Å². The molecule has 0 unspecified atom stereocenters. The molecule has 5 heteroatoms. The van der Waals surface area contributed by atoms with Crippen LogP contribution >= 0.6 is 0 Å². The molecule has 0 aliphatic carbocycles. The largest absolute Gasteiger partial charge is 0.298 e. The van der Waals surface area contributed by atoms with Gasteiger partial charge in [0.15, 0.2) is 6.29 Å². The lowest BCUT2D eigenvalue weighted by molar-refractivity contribution is 0.112. The van der Waals surface area contributed by atoms with Gasteiger partial charge in [0.2, 0.25) is 12.2 Å². The maximum absolute atomic E-state index is 11.1. The molecule has 1 rings (SSSR count). The smallest absolute Gasteiger partial charge is 0.240 e. The fourth-order valence-corrected chi connectivity index (χ4v) is 2.00. The van der Waals surface area contributed by atoms with E-state index in [1.165, 1.54) is 12.2 Å². The number of benzene rings is 1. The summed E-state index contributed by atoms with van der Waals surface area (Å²) in [4.78, 5) is 39.2. The Balaban J connectivity index is 3.87. The lowest BCUT2D eigenvalue weighted by atomic mass is 9.82. The van der Waals surface area contributed by atoms with Crippen molar-refractivity contribution in [2.24, 2.45) is 9.98 Å². The van der Waals surface area contributed by atoms with Crippen molar-refractivity contribution < 1.29 is 14.4 Å². The first-order valence-corrected chi connectivity index (χ1v) is 5.65. The topological polar surface area (TPSA) is 75.9 Å². The SMILES string of the molecule is Cc1c(C(C)(C)C)cc(N=C=O)c(C=O)c1N=C=O. The van der Waals surface area contributed by atoms with Crippen molar-refractivity contribution in [1.29, 1.82) is 0 Å². The van der Waals surface area contributed by atoms with Gasteiger partial charge in [-0.3, -0.25) is 4.79 Å². The molecular weight excluding hydrogens is 244 g/mol. The molecule has 98 valence electrons. The van der Waals surface area contributed by atoms with Crippen LogP contribution < -0.4 is 0 Å². The molecule has 0 aliphatic heterocycles. The fraction of sp³-hybridized carbons (Fsp3) is 0.357. The zero-order valence-electron chi connectivity index (χ0n) is 11.3. The first-order chi connectivity index (χ1) is 8.86. The van der Waals surface area contributed by atoms with Crippen LogP contribution in [0.1, 0.15) is 42.3 Å². The average molecular weight is 258 g/mol. The van der Waals surface area contributed by atoms with Crippen LogP contribution in [-0.4, -0.2) is 18.4 Å². The van der Waals surface area contributed by atoms with Gasteiger partial charge >= 0.3 is 0 Å². The van der Waals surface area contributed by atoms with E-state index < -0.39 is 0 Å². The van der Waals surface area contributed by atoms with Crippen molar-refractivity contribution in [2.45, 2.75) is 33.1 Å². The van der Waals surface area contributed by atoms with Crippen molar-refractivity contribution in [2.75, 3.05) is 0 Å². The van der Waals surface area contributed by atoms with E-state index in [0.29, 0.717) is 11.8 Å². The Hall–Kier alpha value is -2.35. The predicted molar refractivity (Wildman–Crippen MR) is 70.8 cm³/mol. The van der Waals surface area contributed by atoms with Gasteiger partial charge in [-0.15, -0.1) is 0 Å². The second kappa shape index (κ2) is 5.53. The van der Waals surface area contributed by atoms with E-state index in [1.54, 1.807) is 13.0 Å². The predicted octanol–water partition coefficient (Wildman–Crippen LogP) is 3.04. The number of carbonyl (C=O) groups is 1. The van der Waals surface area contributed by atoms with E-state index in [2.05, 4.69) is 9.98 Å². The molecular formula is C14H14N2O3. The summed E-state index contributed by atoms with van der Waals surface area (Å²) >= 11 is 0. The number of rotatable bonds is 3. The minimum Gasteiger partial charge on any atom is -0.298 e. The third-order valence-corrected chi connectivity index (χ3v) is 2.82. The van der Waals surface area contributed by atoms with Crippen LogP contribution in [0.5, 0.6) is 0 Å². The summed E-state index contributed by atoms with van der Waals surface area (Å²) in [6.07, 6.45) is 3.35. The summed E-state index contributed by atoms with van der Waals surface area (Å²) in [6, 6.07) is 1.65. The van der Waals surface area contributed by atoms with Crippen LogP contribution in [0.2, 0.25) is 0 Å². The molecule has 0 aliphatic rings. The summed E-state index contributed by atoms with van der Waals surface area (Å²) in [5.41, 5.74) is 1.76. The van der Waals surface area contributed by atoms with E-state index in [-0.39, 0.29) is 22.4 Å². The molecule has 0 aromatic heterocycles. The number of aldehydes is 1. The Morgan fingerprint density at radius 3 is 2.16 bits per heavy atom. The number of carbonyl (C=O) groups excluding carboxylic acids is 3. The van der Waals surface area contributed by atoms with Gasteiger partial charge in [0, 0.05) is 0 Å². The van der Waals surface area contributed by atoms with Crippen LogP contribution in [0.3, 0.4) is 0 Å². The second-order valence-electron chi connectivity index (χ2n) is 5.10. The van der Waals surface area contributed by atoms with Gasteiger partial charge in [-0.1, -0.05) is 20.8 Å². The normalized spacial score (nSPS) is 10.3. The maximum Gasteiger partial charge on any atom is 0.240 e. The van der Waals surface area contributed by atoms with Gasteiger partial charge in [0.1, 0.15) is 0 Å². The minimum absolute atomic E-state index is 0.0946. The molecule has 0 bridgehead atoms. The quantitative estimate of drug-likeness (QED) is 0.475. The summed E-state index contributed by atoms with van der Waals surface area (Å²) in [5, 5.41) is 0. The number of hydrogen-bond donors (Lipinski definition) is 0. The third-order valence-electron chi connectivity index (χ3n) is 2.82. The maximum atomic E-state index is 11.1. The zero-order chi connectivity index (χ0) is 14.6. The molecule has 1 aromatic carbocycles. The second-order valence-corrected chi connectivity index (χ2v) is 5.10. The van der Waals surface area contributed by atoms with E-state index in [4.69, 9.17) is 0 Å². The summed E-state index contributed by atoms with van der Waals surface area (Å²) < 4.78 is 0. The van der Waals surface area contributed by atoms with Gasteiger partial charge in [-0.2, -0.15) is 9.98 Å². The molecule has 0 saturated heterocycles. The monoisotopic (exact) mass is 258 g/mol. The van der Waals surface area contributed by atoms with Crippen LogP contribution in [-0.2, 0) is 15.0 Å². The molecule has 1 aromatic rings. The lowest BCUT2D eigenvalue weighted by Gasteiger charge is -2.23. The van der Waals surface area contributed by atoms with Crippen molar-refractivity contribution in [3.05, 3.63) is 22.8 Å². The van der Waals surface area contributed by atoms with Crippen LogP contribution in [0.4, 0.5) is 11.4 Å². The highest BCUT2D eigenvalue weighted by Crippen LogP contribution is 2.38. The average Bonchev–Trinajstić information content (AvgIpc) is 2.32. The molecule has 19 heavy (non-hydrogen) atoms. The molecule has 0 saturated carbocycles. The van der Waals surface area contributed by atoms with Gasteiger partial charge in [0.05, 0.1) is 16.9 Å². The van der Waals surface area contributed by atoms with E-state index in [9.17, 15) is 14.4 Å².